The zero-order valence-corrected chi connectivity index (χ0v) is 16.5. The van der Waals surface area contributed by atoms with E-state index in [1.165, 1.54) is 11.9 Å². The molecule has 5 rings (SSSR count). The van der Waals surface area contributed by atoms with Gasteiger partial charge < -0.3 is 26.2 Å². The van der Waals surface area contributed by atoms with Crippen LogP contribution in [0.1, 0.15) is 24.4 Å². The van der Waals surface area contributed by atoms with E-state index in [2.05, 4.69) is 34.2 Å². The molecule has 1 aliphatic rings. The van der Waals surface area contributed by atoms with Crippen LogP contribution in [0.2, 0.25) is 0 Å². The summed E-state index contributed by atoms with van der Waals surface area (Å²) < 4.78 is 1.91. The van der Waals surface area contributed by atoms with E-state index in [-0.39, 0.29) is 12.0 Å². The van der Waals surface area contributed by atoms with Gasteiger partial charge in [0.25, 0.3) is 0 Å². The smallest absolute Gasteiger partial charge is 0.145 e. The Hall–Kier alpha value is -3.16. The highest BCUT2D eigenvalue weighted by atomic mass is 16.3. The van der Waals surface area contributed by atoms with E-state index in [1.54, 1.807) is 0 Å². The molecule has 7 heteroatoms. The Bertz CT molecular complexity index is 1220. The summed E-state index contributed by atoms with van der Waals surface area (Å²) in [4.78, 5) is 8.35. The fraction of sp³-hybridized carbons (Fsp3) is 0.304. The standard InChI is InChI=1S/C23H25N5O2/c24-18-3-1-2-14-6-4-13(10-17(14)18)5-7-15-11-19(21(30)20(15)29)28-9-8-16-22(25)26-12-27-23(16)28/h1-4,6,8-10,12,15,19-21,29-30H,5,7,11,24H2,(H2,25,26,27)/t15-,19+,20+,21-/m0/s1. The van der Waals surface area contributed by atoms with Gasteiger partial charge >= 0.3 is 0 Å². The minimum atomic E-state index is -0.853. The van der Waals surface area contributed by atoms with E-state index in [4.69, 9.17) is 11.5 Å². The molecule has 2 heterocycles. The molecule has 6 N–H and O–H groups in total. The number of aryl methyl sites for hydroxylation is 1. The molecule has 0 spiro atoms. The van der Waals surface area contributed by atoms with E-state index in [0.29, 0.717) is 17.9 Å². The summed E-state index contributed by atoms with van der Waals surface area (Å²) in [7, 11) is 0. The lowest BCUT2D eigenvalue weighted by molar-refractivity contribution is 0.00545. The summed E-state index contributed by atoms with van der Waals surface area (Å²) in [6, 6.07) is 13.8. The first-order chi connectivity index (χ1) is 14.5. The molecule has 0 unspecified atom stereocenters. The molecule has 4 atom stereocenters. The average molecular weight is 403 g/mol. The van der Waals surface area contributed by atoms with Gasteiger partial charge in [0.15, 0.2) is 0 Å². The van der Waals surface area contributed by atoms with Gasteiger partial charge in [0.05, 0.1) is 17.5 Å². The molecule has 0 bridgehead atoms. The number of hydrogen-bond donors (Lipinski definition) is 4. The van der Waals surface area contributed by atoms with Gasteiger partial charge in [-0.05, 0) is 54.3 Å². The molecule has 30 heavy (non-hydrogen) atoms. The van der Waals surface area contributed by atoms with Crippen LogP contribution in [0, 0.1) is 5.92 Å². The number of nitrogens with zero attached hydrogens (tertiary/aromatic N) is 3. The minimum Gasteiger partial charge on any atom is -0.398 e. The molecular weight excluding hydrogens is 378 g/mol. The summed E-state index contributed by atoms with van der Waals surface area (Å²) in [5.41, 5.74) is 14.7. The van der Waals surface area contributed by atoms with Gasteiger partial charge in [-0.2, -0.15) is 0 Å². The second-order valence-electron chi connectivity index (χ2n) is 8.20. The Kier molecular flexibility index (Phi) is 4.56. The number of aliphatic hydroxyl groups is 2. The van der Waals surface area contributed by atoms with Gasteiger partial charge in [0.1, 0.15) is 23.9 Å². The number of aliphatic hydroxyl groups excluding tert-OH is 2. The number of anilines is 2. The van der Waals surface area contributed by atoms with E-state index >= 15 is 0 Å². The van der Waals surface area contributed by atoms with Crippen molar-refractivity contribution >= 4 is 33.3 Å². The molecule has 1 aliphatic carbocycles. The molecule has 0 radical (unpaired) electrons. The lowest BCUT2D eigenvalue weighted by Crippen LogP contribution is -2.29. The van der Waals surface area contributed by atoms with Crippen molar-refractivity contribution in [3.63, 3.8) is 0 Å². The van der Waals surface area contributed by atoms with Gasteiger partial charge in [-0.1, -0.05) is 24.3 Å². The van der Waals surface area contributed by atoms with Crippen LogP contribution in [0.4, 0.5) is 11.5 Å². The second-order valence-corrected chi connectivity index (χ2v) is 8.20. The molecule has 1 saturated carbocycles. The van der Waals surface area contributed by atoms with Crippen LogP contribution in [0.25, 0.3) is 21.8 Å². The van der Waals surface area contributed by atoms with Crippen LogP contribution in [0.5, 0.6) is 0 Å². The van der Waals surface area contributed by atoms with Crippen LogP contribution in [0.3, 0.4) is 0 Å². The summed E-state index contributed by atoms with van der Waals surface area (Å²) in [6.07, 6.45) is 3.92. The fourth-order valence-corrected chi connectivity index (χ4v) is 4.77. The Morgan fingerprint density at radius 2 is 1.87 bits per heavy atom. The maximum absolute atomic E-state index is 10.7. The number of benzene rings is 2. The monoisotopic (exact) mass is 403 g/mol. The van der Waals surface area contributed by atoms with Gasteiger partial charge in [0.2, 0.25) is 0 Å². The highest BCUT2D eigenvalue weighted by Gasteiger charge is 2.42. The second kappa shape index (κ2) is 7.27. The molecule has 7 nitrogen and oxygen atoms in total. The van der Waals surface area contributed by atoms with E-state index in [9.17, 15) is 10.2 Å². The summed E-state index contributed by atoms with van der Waals surface area (Å²) in [5, 5.41) is 24.4. The molecule has 0 aliphatic heterocycles. The average Bonchev–Trinajstić information content (AvgIpc) is 3.30. The van der Waals surface area contributed by atoms with Crippen LogP contribution in [-0.4, -0.2) is 37.0 Å². The molecule has 2 aromatic heterocycles. The van der Waals surface area contributed by atoms with Gasteiger partial charge in [-0.15, -0.1) is 0 Å². The maximum Gasteiger partial charge on any atom is 0.145 e. The topological polar surface area (TPSA) is 123 Å². The van der Waals surface area contributed by atoms with Gasteiger partial charge in [-0.3, -0.25) is 0 Å². The molecule has 154 valence electrons. The predicted molar refractivity (Wildman–Crippen MR) is 118 cm³/mol. The van der Waals surface area contributed by atoms with Crippen molar-refractivity contribution < 1.29 is 10.2 Å². The zero-order valence-electron chi connectivity index (χ0n) is 16.5. The van der Waals surface area contributed by atoms with Crippen molar-refractivity contribution in [2.75, 3.05) is 11.5 Å². The Morgan fingerprint density at radius 3 is 2.73 bits per heavy atom. The first-order valence-corrected chi connectivity index (χ1v) is 10.2. The van der Waals surface area contributed by atoms with Crippen LogP contribution < -0.4 is 11.5 Å². The van der Waals surface area contributed by atoms with Crippen molar-refractivity contribution in [2.24, 2.45) is 5.92 Å². The molecule has 0 amide bonds. The van der Waals surface area contributed by atoms with E-state index < -0.39 is 12.2 Å². The van der Waals surface area contributed by atoms with Crippen LogP contribution in [0.15, 0.2) is 55.0 Å². The molecular formula is C23H25N5O2. The van der Waals surface area contributed by atoms with Crippen molar-refractivity contribution in [2.45, 2.75) is 37.5 Å². The summed E-state index contributed by atoms with van der Waals surface area (Å²) in [6.45, 7) is 0. The van der Waals surface area contributed by atoms with E-state index in [0.717, 1.165) is 34.7 Å². The van der Waals surface area contributed by atoms with Crippen LogP contribution >= 0.6 is 0 Å². The largest absolute Gasteiger partial charge is 0.398 e. The number of aromatic nitrogens is 3. The van der Waals surface area contributed by atoms with Crippen molar-refractivity contribution in [3.05, 3.63) is 60.6 Å². The SMILES string of the molecule is Nc1cccc2ccc(CC[C@H]3C[C@@H](n4ccc5c(N)ncnc54)[C@H](O)[C@@H]3O)cc12. The minimum absolute atomic E-state index is 0.00884. The first kappa shape index (κ1) is 18.8. The Morgan fingerprint density at radius 1 is 1.00 bits per heavy atom. The van der Waals surface area contributed by atoms with Crippen LogP contribution in [-0.2, 0) is 6.42 Å². The normalized spacial score (nSPS) is 24.1. The van der Waals surface area contributed by atoms with Crippen molar-refractivity contribution in [1.82, 2.24) is 14.5 Å². The zero-order chi connectivity index (χ0) is 20.8. The number of hydrogen-bond acceptors (Lipinski definition) is 6. The molecule has 1 fully saturated rings. The van der Waals surface area contributed by atoms with E-state index in [1.807, 2.05) is 29.0 Å². The third-order valence-electron chi connectivity index (χ3n) is 6.45. The van der Waals surface area contributed by atoms with Crippen molar-refractivity contribution in [3.8, 4) is 0 Å². The van der Waals surface area contributed by atoms with Gasteiger partial charge in [-0.25, -0.2) is 9.97 Å². The first-order valence-electron chi connectivity index (χ1n) is 10.2. The predicted octanol–water partition coefficient (Wildman–Crippen LogP) is 2.66. The summed E-state index contributed by atoms with van der Waals surface area (Å²) in [5.74, 6) is 0.407. The molecule has 4 aromatic rings. The number of nitrogens with two attached hydrogens (primary N) is 2. The lowest BCUT2D eigenvalue weighted by Gasteiger charge is -2.19. The number of fused-ring (bicyclic) bond motifs is 2. The summed E-state index contributed by atoms with van der Waals surface area (Å²) >= 11 is 0. The Balaban J connectivity index is 1.35. The highest BCUT2D eigenvalue weighted by molar-refractivity contribution is 5.93. The third kappa shape index (κ3) is 3.07. The van der Waals surface area contributed by atoms with Crippen molar-refractivity contribution in [1.29, 1.82) is 0 Å². The lowest BCUT2D eigenvalue weighted by atomic mass is 9.95. The quantitative estimate of drug-likeness (QED) is 0.389. The van der Waals surface area contributed by atoms with Gasteiger partial charge in [0, 0.05) is 17.3 Å². The maximum atomic E-state index is 10.7. The molecule has 0 saturated heterocycles. The molecule has 2 aromatic carbocycles. The Labute approximate surface area is 174 Å². The fourth-order valence-electron chi connectivity index (χ4n) is 4.77. The third-order valence-corrected chi connectivity index (χ3v) is 6.45. The number of nitrogen functional groups attached to an aromatic ring is 2. The number of rotatable bonds is 4. The highest BCUT2D eigenvalue weighted by Crippen LogP contribution is 2.39.